The summed E-state index contributed by atoms with van der Waals surface area (Å²) < 4.78 is 0. The van der Waals surface area contributed by atoms with E-state index in [2.05, 4.69) is 9.97 Å². The molecule has 1 fully saturated rings. The Labute approximate surface area is 151 Å². The van der Waals surface area contributed by atoms with Gasteiger partial charge in [-0.25, -0.2) is 4.98 Å². The number of rotatable bonds is 3. The third-order valence-electron chi connectivity index (χ3n) is 4.52. The molecule has 0 N–H and O–H groups in total. The van der Waals surface area contributed by atoms with Gasteiger partial charge in [-0.05, 0) is 31.9 Å². The highest BCUT2D eigenvalue weighted by Gasteiger charge is 2.33. The van der Waals surface area contributed by atoms with Crippen molar-refractivity contribution in [2.75, 3.05) is 6.54 Å². The van der Waals surface area contributed by atoms with Crippen LogP contribution in [0.25, 0.3) is 11.3 Å². The smallest absolute Gasteiger partial charge is 0.266 e. The second-order valence-electron chi connectivity index (χ2n) is 6.19. The molecule has 1 aliphatic heterocycles. The Hall–Kier alpha value is -2.53. The van der Waals surface area contributed by atoms with Crippen LogP contribution in [0.5, 0.6) is 0 Å². The van der Waals surface area contributed by atoms with Crippen LogP contribution >= 0.6 is 11.3 Å². The Morgan fingerprint density at radius 3 is 2.72 bits per heavy atom. The van der Waals surface area contributed by atoms with E-state index in [1.54, 1.807) is 6.20 Å². The molecule has 5 heteroatoms. The summed E-state index contributed by atoms with van der Waals surface area (Å²) in [6, 6.07) is 15.9. The van der Waals surface area contributed by atoms with Crippen LogP contribution in [-0.2, 0) is 0 Å². The van der Waals surface area contributed by atoms with Gasteiger partial charge < -0.3 is 4.90 Å². The molecule has 3 aromatic rings. The maximum atomic E-state index is 13.3. The predicted molar refractivity (Wildman–Crippen MR) is 99.5 cm³/mol. The number of hydrogen-bond acceptors (Lipinski definition) is 4. The average molecular weight is 349 g/mol. The summed E-state index contributed by atoms with van der Waals surface area (Å²) >= 11 is 1.48. The van der Waals surface area contributed by atoms with Gasteiger partial charge in [-0.3, -0.25) is 9.78 Å². The van der Waals surface area contributed by atoms with Gasteiger partial charge in [0.2, 0.25) is 0 Å². The van der Waals surface area contributed by atoms with E-state index in [1.165, 1.54) is 11.3 Å². The zero-order chi connectivity index (χ0) is 17.2. The first-order chi connectivity index (χ1) is 12.2. The molecule has 1 amide bonds. The van der Waals surface area contributed by atoms with Crippen LogP contribution < -0.4 is 0 Å². The molecule has 0 aliphatic carbocycles. The number of likely N-dealkylation sites (tertiary alicyclic amines) is 1. The fraction of sp³-hybridized carbons (Fsp3) is 0.250. The summed E-state index contributed by atoms with van der Waals surface area (Å²) in [4.78, 5) is 25.1. The third kappa shape index (κ3) is 3.07. The van der Waals surface area contributed by atoms with Gasteiger partial charge in [-0.15, -0.1) is 11.3 Å². The number of thiazole rings is 1. The lowest BCUT2D eigenvalue weighted by Gasteiger charge is -2.24. The van der Waals surface area contributed by atoms with Crippen LogP contribution in [0.2, 0.25) is 0 Å². The summed E-state index contributed by atoms with van der Waals surface area (Å²) in [5.74, 6) is 0.0672. The Bertz CT molecular complexity index is 876. The summed E-state index contributed by atoms with van der Waals surface area (Å²) in [6.07, 6.45) is 3.76. The molecule has 2 aromatic heterocycles. The van der Waals surface area contributed by atoms with E-state index < -0.39 is 0 Å². The van der Waals surface area contributed by atoms with E-state index in [4.69, 9.17) is 0 Å². The van der Waals surface area contributed by atoms with Crippen molar-refractivity contribution >= 4 is 17.2 Å². The highest BCUT2D eigenvalue weighted by atomic mass is 32.1. The number of amides is 1. The zero-order valence-electron chi connectivity index (χ0n) is 14.1. The zero-order valence-corrected chi connectivity index (χ0v) is 14.9. The molecule has 0 bridgehead atoms. The SMILES string of the molecule is Cc1nc(-c2ccccc2)c(C(=O)N2CCC[C@H]2c2ccccn2)s1. The number of aryl methyl sites for hydroxylation is 1. The summed E-state index contributed by atoms with van der Waals surface area (Å²) in [6.45, 7) is 2.72. The molecular formula is C20H19N3OS. The third-order valence-corrected chi connectivity index (χ3v) is 5.48. The Balaban J connectivity index is 1.70. The van der Waals surface area contributed by atoms with E-state index in [0.717, 1.165) is 46.2 Å². The average Bonchev–Trinajstić information content (AvgIpc) is 3.29. The number of pyridine rings is 1. The van der Waals surface area contributed by atoms with E-state index >= 15 is 0 Å². The lowest BCUT2D eigenvalue weighted by atomic mass is 10.1. The largest absolute Gasteiger partial charge is 0.329 e. The quantitative estimate of drug-likeness (QED) is 0.700. The fourth-order valence-corrected chi connectivity index (χ4v) is 4.28. The van der Waals surface area contributed by atoms with Crippen LogP contribution in [0.15, 0.2) is 54.7 Å². The molecule has 4 nitrogen and oxygen atoms in total. The molecule has 1 atom stereocenters. The number of nitrogens with zero attached hydrogens (tertiary/aromatic N) is 3. The minimum Gasteiger partial charge on any atom is -0.329 e. The van der Waals surface area contributed by atoms with Crippen molar-refractivity contribution in [1.29, 1.82) is 0 Å². The molecule has 126 valence electrons. The van der Waals surface area contributed by atoms with Gasteiger partial charge in [-0.2, -0.15) is 0 Å². The molecule has 1 aromatic carbocycles. The van der Waals surface area contributed by atoms with E-state index in [9.17, 15) is 4.79 Å². The number of carbonyl (C=O) groups is 1. The molecular weight excluding hydrogens is 330 g/mol. The number of carbonyl (C=O) groups excluding carboxylic acids is 1. The van der Waals surface area contributed by atoms with Crippen LogP contribution in [-0.4, -0.2) is 27.3 Å². The number of benzene rings is 1. The molecule has 25 heavy (non-hydrogen) atoms. The molecule has 0 radical (unpaired) electrons. The lowest BCUT2D eigenvalue weighted by Crippen LogP contribution is -2.30. The minimum atomic E-state index is 0.0553. The monoisotopic (exact) mass is 349 g/mol. The lowest BCUT2D eigenvalue weighted by molar-refractivity contribution is 0.0738. The van der Waals surface area contributed by atoms with Gasteiger partial charge in [0.05, 0.1) is 22.4 Å². The molecule has 4 rings (SSSR count). The first kappa shape index (κ1) is 16.0. The summed E-state index contributed by atoms with van der Waals surface area (Å²) in [5.41, 5.74) is 2.75. The van der Waals surface area contributed by atoms with Gasteiger partial charge in [0.25, 0.3) is 5.91 Å². The highest BCUT2D eigenvalue weighted by Crippen LogP contribution is 2.35. The molecule has 1 aliphatic rings. The van der Waals surface area contributed by atoms with Crippen molar-refractivity contribution < 1.29 is 4.79 Å². The minimum absolute atomic E-state index is 0.0553. The second-order valence-corrected chi connectivity index (χ2v) is 7.39. The van der Waals surface area contributed by atoms with Gasteiger partial charge >= 0.3 is 0 Å². The predicted octanol–water partition coefficient (Wildman–Crippen LogP) is 4.49. The van der Waals surface area contributed by atoms with Crippen molar-refractivity contribution in [3.8, 4) is 11.3 Å². The van der Waals surface area contributed by atoms with Crippen molar-refractivity contribution in [3.63, 3.8) is 0 Å². The fourth-order valence-electron chi connectivity index (χ4n) is 3.38. The van der Waals surface area contributed by atoms with Crippen molar-refractivity contribution in [3.05, 3.63) is 70.3 Å². The van der Waals surface area contributed by atoms with E-state index in [0.29, 0.717) is 0 Å². The van der Waals surface area contributed by atoms with Gasteiger partial charge in [0.1, 0.15) is 4.88 Å². The number of aromatic nitrogens is 2. The topological polar surface area (TPSA) is 46.1 Å². The van der Waals surface area contributed by atoms with Crippen molar-refractivity contribution in [2.45, 2.75) is 25.8 Å². The van der Waals surface area contributed by atoms with Crippen LogP contribution in [0, 0.1) is 6.92 Å². The maximum Gasteiger partial charge on any atom is 0.266 e. The van der Waals surface area contributed by atoms with Crippen LogP contribution in [0.1, 0.15) is 39.3 Å². The summed E-state index contributed by atoms with van der Waals surface area (Å²) in [5, 5.41) is 0.913. The van der Waals surface area contributed by atoms with E-state index in [1.807, 2.05) is 60.4 Å². The van der Waals surface area contributed by atoms with Gasteiger partial charge in [0, 0.05) is 18.3 Å². The summed E-state index contributed by atoms with van der Waals surface area (Å²) in [7, 11) is 0. The molecule has 0 spiro atoms. The molecule has 1 saturated heterocycles. The van der Waals surface area contributed by atoms with Crippen molar-refractivity contribution in [1.82, 2.24) is 14.9 Å². The molecule has 3 heterocycles. The maximum absolute atomic E-state index is 13.3. The Morgan fingerprint density at radius 1 is 1.16 bits per heavy atom. The standard InChI is InChI=1S/C20H19N3OS/c1-14-22-18(15-8-3-2-4-9-15)19(25-14)20(24)23-13-7-11-17(23)16-10-5-6-12-21-16/h2-6,8-10,12,17H,7,11,13H2,1H3/t17-/m0/s1. The Kier molecular flexibility index (Phi) is 4.32. The van der Waals surface area contributed by atoms with Crippen LogP contribution in [0.4, 0.5) is 0 Å². The molecule has 0 unspecified atom stereocenters. The normalized spacial score (nSPS) is 17.0. The first-order valence-electron chi connectivity index (χ1n) is 8.49. The first-order valence-corrected chi connectivity index (χ1v) is 9.30. The Morgan fingerprint density at radius 2 is 1.96 bits per heavy atom. The number of hydrogen-bond donors (Lipinski definition) is 0. The van der Waals surface area contributed by atoms with Gasteiger partial charge in [0.15, 0.2) is 0 Å². The van der Waals surface area contributed by atoms with Crippen molar-refractivity contribution in [2.24, 2.45) is 0 Å². The molecule has 0 saturated carbocycles. The van der Waals surface area contributed by atoms with Gasteiger partial charge in [-0.1, -0.05) is 36.4 Å². The van der Waals surface area contributed by atoms with E-state index in [-0.39, 0.29) is 11.9 Å². The highest BCUT2D eigenvalue weighted by molar-refractivity contribution is 7.14. The second kappa shape index (κ2) is 6.76. The van der Waals surface area contributed by atoms with Crippen LogP contribution in [0.3, 0.4) is 0 Å².